The van der Waals surface area contributed by atoms with Gasteiger partial charge in [-0.15, -0.1) is 5.10 Å². The minimum Gasteiger partial charge on any atom is -0.364 e. The Balaban J connectivity index is 1.76. The first-order chi connectivity index (χ1) is 8.33. The molecule has 1 aliphatic heterocycles. The monoisotopic (exact) mass is 234 g/mol. The second kappa shape index (κ2) is 4.17. The smallest absolute Gasteiger partial charge is 0.245 e. The highest BCUT2D eigenvalue weighted by Gasteiger charge is 2.20. The van der Waals surface area contributed by atoms with Crippen LogP contribution in [-0.4, -0.2) is 39.5 Å². The van der Waals surface area contributed by atoms with E-state index in [1.807, 2.05) is 0 Å². The largest absolute Gasteiger partial charge is 0.364 e. The maximum absolute atomic E-state index is 5.86. The summed E-state index contributed by atoms with van der Waals surface area (Å²) in [5, 5.41) is 10.9. The molecular weight excluding hydrogens is 220 g/mol. The molecule has 0 unspecified atom stereocenters. The molecule has 7 heteroatoms. The summed E-state index contributed by atoms with van der Waals surface area (Å²) < 4.78 is 4.77. The Morgan fingerprint density at radius 3 is 2.94 bits per heavy atom. The third-order valence-corrected chi connectivity index (χ3v) is 2.98. The van der Waals surface area contributed by atoms with Crippen LogP contribution in [0.4, 0.5) is 5.95 Å². The van der Waals surface area contributed by atoms with E-state index in [-0.39, 0.29) is 0 Å². The average Bonchev–Trinajstić information content (AvgIpc) is 3.00. The van der Waals surface area contributed by atoms with Crippen molar-refractivity contribution >= 4 is 5.95 Å². The Kier molecular flexibility index (Phi) is 2.52. The van der Waals surface area contributed by atoms with Gasteiger partial charge in [0.1, 0.15) is 6.26 Å². The van der Waals surface area contributed by atoms with Crippen molar-refractivity contribution in [2.45, 2.75) is 18.9 Å². The van der Waals surface area contributed by atoms with Crippen LogP contribution >= 0.6 is 0 Å². The molecule has 0 aliphatic carbocycles. The summed E-state index contributed by atoms with van der Waals surface area (Å²) in [7, 11) is 0. The first-order valence-corrected chi connectivity index (χ1v) is 5.66. The number of anilines is 1. The maximum Gasteiger partial charge on any atom is 0.245 e. The molecule has 3 heterocycles. The van der Waals surface area contributed by atoms with Gasteiger partial charge in [0, 0.05) is 25.2 Å². The van der Waals surface area contributed by atoms with Crippen molar-refractivity contribution in [2.75, 3.05) is 18.0 Å². The standard InChI is InChI=1S/C10H14N6O/c11-7-1-4-16(5-2-7)10-12-9(13-14-10)8-3-6-17-15-8/h3,6-7H,1-2,4-5,11H2,(H,12,13,14). The summed E-state index contributed by atoms with van der Waals surface area (Å²) in [5.41, 5.74) is 6.52. The molecular formula is C10H14N6O. The molecule has 1 fully saturated rings. The van der Waals surface area contributed by atoms with Gasteiger partial charge in [-0.1, -0.05) is 5.16 Å². The van der Waals surface area contributed by atoms with Gasteiger partial charge >= 0.3 is 0 Å². The quantitative estimate of drug-likeness (QED) is 0.780. The number of aromatic nitrogens is 4. The Morgan fingerprint density at radius 2 is 2.24 bits per heavy atom. The Labute approximate surface area is 98.0 Å². The van der Waals surface area contributed by atoms with Crippen molar-refractivity contribution in [2.24, 2.45) is 5.73 Å². The second-order valence-electron chi connectivity index (χ2n) is 4.19. The highest BCUT2D eigenvalue weighted by Crippen LogP contribution is 2.18. The fourth-order valence-corrected chi connectivity index (χ4v) is 1.94. The highest BCUT2D eigenvalue weighted by molar-refractivity contribution is 5.49. The minimum atomic E-state index is 0.306. The van der Waals surface area contributed by atoms with Gasteiger partial charge < -0.3 is 15.2 Å². The van der Waals surface area contributed by atoms with Crippen LogP contribution in [0.25, 0.3) is 11.5 Å². The molecule has 0 saturated carbocycles. The van der Waals surface area contributed by atoms with Crippen molar-refractivity contribution in [1.29, 1.82) is 0 Å². The molecule has 0 spiro atoms. The summed E-state index contributed by atoms with van der Waals surface area (Å²) >= 11 is 0. The Bertz CT molecular complexity index is 471. The summed E-state index contributed by atoms with van der Waals surface area (Å²) in [6, 6.07) is 2.05. The van der Waals surface area contributed by atoms with E-state index in [0.717, 1.165) is 25.9 Å². The van der Waals surface area contributed by atoms with E-state index in [1.54, 1.807) is 6.07 Å². The Hall–Kier alpha value is -1.89. The van der Waals surface area contributed by atoms with Crippen molar-refractivity contribution in [3.05, 3.63) is 12.3 Å². The molecule has 0 aromatic carbocycles. The fourth-order valence-electron chi connectivity index (χ4n) is 1.94. The molecule has 3 rings (SSSR count). The van der Waals surface area contributed by atoms with Gasteiger partial charge in [0.05, 0.1) is 0 Å². The zero-order valence-electron chi connectivity index (χ0n) is 9.33. The molecule has 3 N–H and O–H groups in total. The summed E-state index contributed by atoms with van der Waals surface area (Å²) in [5.74, 6) is 1.33. The van der Waals surface area contributed by atoms with Crippen LogP contribution in [0.3, 0.4) is 0 Å². The summed E-state index contributed by atoms with van der Waals surface area (Å²) in [4.78, 5) is 6.53. The first-order valence-electron chi connectivity index (χ1n) is 5.66. The number of nitrogens with one attached hydrogen (secondary N) is 1. The lowest BCUT2D eigenvalue weighted by Gasteiger charge is -2.28. The summed E-state index contributed by atoms with van der Waals surface area (Å²) in [6.07, 6.45) is 3.47. The predicted octanol–water partition coefficient (Wildman–Crippen LogP) is 0.387. The van der Waals surface area contributed by atoms with E-state index in [0.29, 0.717) is 23.5 Å². The SMILES string of the molecule is NC1CCN(c2n[nH]c(-c3ccon3)n2)CC1. The van der Waals surface area contributed by atoms with Crippen LogP contribution in [0, 0.1) is 0 Å². The third kappa shape index (κ3) is 2.01. The van der Waals surface area contributed by atoms with E-state index in [4.69, 9.17) is 10.3 Å². The molecule has 1 saturated heterocycles. The number of H-pyrrole nitrogens is 1. The molecule has 7 nitrogen and oxygen atoms in total. The normalized spacial score (nSPS) is 17.6. The molecule has 90 valence electrons. The number of piperidine rings is 1. The zero-order valence-corrected chi connectivity index (χ0v) is 9.33. The zero-order chi connectivity index (χ0) is 11.7. The number of aromatic amines is 1. The van der Waals surface area contributed by atoms with Crippen LogP contribution in [0.1, 0.15) is 12.8 Å². The van der Waals surface area contributed by atoms with E-state index >= 15 is 0 Å². The van der Waals surface area contributed by atoms with Gasteiger partial charge in [-0.25, -0.2) is 0 Å². The van der Waals surface area contributed by atoms with E-state index in [2.05, 4.69) is 25.2 Å². The number of rotatable bonds is 2. The maximum atomic E-state index is 5.86. The van der Waals surface area contributed by atoms with Crippen molar-refractivity contribution in [1.82, 2.24) is 20.3 Å². The van der Waals surface area contributed by atoms with Crippen molar-refractivity contribution in [3.8, 4) is 11.5 Å². The molecule has 2 aromatic heterocycles. The van der Waals surface area contributed by atoms with Crippen LogP contribution < -0.4 is 10.6 Å². The lowest BCUT2D eigenvalue weighted by atomic mass is 10.1. The van der Waals surface area contributed by atoms with Gasteiger partial charge in [-0.05, 0) is 12.8 Å². The van der Waals surface area contributed by atoms with E-state index in [1.165, 1.54) is 6.26 Å². The number of nitrogens with two attached hydrogens (primary N) is 1. The number of hydrogen-bond donors (Lipinski definition) is 2. The molecule has 0 atom stereocenters. The molecule has 0 amide bonds. The number of nitrogens with zero attached hydrogens (tertiary/aromatic N) is 4. The third-order valence-electron chi connectivity index (χ3n) is 2.98. The molecule has 2 aromatic rings. The average molecular weight is 234 g/mol. The topological polar surface area (TPSA) is 96.9 Å². The lowest BCUT2D eigenvalue weighted by Crippen LogP contribution is -2.40. The number of hydrogen-bond acceptors (Lipinski definition) is 6. The van der Waals surface area contributed by atoms with Gasteiger partial charge in [-0.3, -0.25) is 5.10 Å². The minimum absolute atomic E-state index is 0.306. The van der Waals surface area contributed by atoms with Gasteiger partial charge in [-0.2, -0.15) is 4.98 Å². The van der Waals surface area contributed by atoms with E-state index < -0.39 is 0 Å². The second-order valence-corrected chi connectivity index (χ2v) is 4.19. The Morgan fingerprint density at radius 1 is 1.41 bits per heavy atom. The van der Waals surface area contributed by atoms with Crippen LogP contribution in [0.15, 0.2) is 16.9 Å². The van der Waals surface area contributed by atoms with E-state index in [9.17, 15) is 0 Å². The highest BCUT2D eigenvalue weighted by atomic mass is 16.5. The molecule has 1 aliphatic rings. The van der Waals surface area contributed by atoms with Gasteiger partial charge in [0.25, 0.3) is 0 Å². The predicted molar refractivity (Wildman–Crippen MR) is 61.3 cm³/mol. The van der Waals surface area contributed by atoms with Gasteiger partial charge in [0.2, 0.25) is 5.95 Å². The molecule has 17 heavy (non-hydrogen) atoms. The lowest BCUT2D eigenvalue weighted by molar-refractivity contribution is 0.422. The summed E-state index contributed by atoms with van der Waals surface area (Å²) in [6.45, 7) is 1.80. The van der Waals surface area contributed by atoms with Crippen molar-refractivity contribution < 1.29 is 4.52 Å². The van der Waals surface area contributed by atoms with Gasteiger partial charge in [0.15, 0.2) is 11.5 Å². The van der Waals surface area contributed by atoms with Crippen LogP contribution in [0.5, 0.6) is 0 Å². The van der Waals surface area contributed by atoms with Crippen LogP contribution in [0.2, 0.25) is 0 Å². The fraction of sp³-hybridized carbons (Fsp3) is 0.500. The molecule has 0 bridgehead atoms. The first kappa shape index (κ1) is 10.3. The molecule has 0 radical (unpaired) electrons. The van der Waals surface area contributed by atoms with Crippen molar-refractivity contribution in [3.63, 3.8) is 0 Å². The van der Waals surface area contributed by atoms with Crippen LogP contribution in [-0.2, 0) is 0 Å².